The topological polar surface area (TPSA) is 111 Å². The number of ether oxygens (including phenoxy) is 2. The Labute approximate surface area is 179 Å². The monoisotopic (exact) mass is 449 g/mol. The van der Waals surface area contributed by atoms with Crippen molar-refractivity contribution in [2.75, 3.05) is 18.7 Å². The van der Waals surface area contributed by atoms with Gasteiger partial charge in [0.2, 0.25) is 10.0 Å². The third-order valence-electron chi connectivity index (χ3n) is 4.32. The van der Waals surface area contributed by atoms with Crippen molar-refractivity contribution >= 4 is 45.0 Å². The van der Waals surface area contributed by atoms with E-state index in [1.807, 2.05) is 6.92 Å². The second-order valence-electron chi connectivity index (χ2n) is 6.37. The van der Waals surface area contributed by atoms with Crippen LogP contribution in [-0.4, -0.2) is 33.8 Å². The summed E-state index contributed by atoms with van der Waals surface area (Å²) in [6.45, 7) is 3.97. The van der Waals surface area contributed by atoms with Crippen molar-refractivity contribution in [1.29, 1.82) is 0 Å². The lowest BCUT2D eigenvalue weighted by Crippen LogP contribution is -2.21. The van der Waals surface area contributed by atoms with Crippen molar-refractivity contribution in [1.82, 2.24) is 0 Å². The number of halogens is 1. The lowest BCUT2D eigenvalue weighted by Gasteiger charge is -2.13. The van der Waals surface area contributed by atoms with Gasteiger partial charge < -0.3 is 9.47 Å². The van der Waals surface area contributed by atoms with Gasteiger partial charge in [-0.05, 0) is 61.9 Å². The summed E-state index contributed by atoms with van der Waals surface area (Å²) < 4.78 is 33.7. The van der Waals surface area contributed by atoms with E-state index in [0.29, 0.717) is 45.7 Å². The molecule has 1 amide bonds. The Balaban J connectivity index is 1.94. The van der Waals surface area contributed by atoms with E-state index < -0.39 is 10.0 Å². The molecule has 0 spiro atoms. The lowest BCUT2D eigenvalue weighted by atomic mass is 10.1. The molecule has 0 saturated carbocycles. The number of nitrogens with zero attached hydrogens (tertiary/aromatic N) is 2. The van der Waals surface area contributed by atoms with Gasteiger partial charge in [0.1, 0.15) is 0 Å². The third-order valence-corrected chi connectivity index (χ3v) is 5.53. The maximum absolute atomic E-state index is 12.9. The highest BCUT2D eigenvalue weighted by atomic mass is 35.5. The van der Waals surface area contributed by atoms with Crippen LogP contribution in [0.1, 0.15) is 19.4 Å². The molecule has 1 aliphatic rings. The summed E-state index contributed by atoms with van der Waals surface area (Å²) in [4.78, 5) is 12.9. The highest BCUT2D eigenvalue weighted by molar-refractivity contribution is 7.89. The van der Waals surface area contributed by atoms with Crippen molar-refractivity contribution in [3.05, 3.63) is 52.6 Å². The molecule has 2 N–H and O–H groups in total. The van der Waals surface area contributed by atoms with Crippen LogP contribution in [0.4, 0.5) is 5.69 Å². The van der Waals surface area contributed by atoms with Crippen LogP contribution in [0.25, 0.3) is 6.08 Å². The van der Waals surface area contributed by atoms with Crippen molar-refractivity contribution in [2.45, 2.75) is 18.7 Å². The van der Waals surface area contributed by atoms with E-state index in [1.54, 1.807) is 25.1 Å². The Kier molecular flexibility index (Phi) is 6.16. The standard InChI is InChI=1S/C20H20ClN3O5S/c1-4-29-19-17(21)10-13(11-18(19)28-3)9-16-12(2)23-24(20(16)25)14-5-7-15(8-6-14)30(22,26)27/h5-11H,4H2,1-3H3,(H2,22,26,27)/b16-9-. The first-order valence-electron chi connectivity index (χ1n) is 8.90. The van der Waals surface area contributed by atoms with Crippen molar-refractivity contribution < 1.29 is 22.7 Å². The van der Waals surface area contributed by atoms with Crippen molar-refractivity contribution in [3.63, 3.8) is 0 Å². The largest absolute Gasteiger partial charge is 0.493 e. The average molecular weight is 450 g/mol. The molecule has 0 radical (unpaired) electrons. The van der Waals surface area contributed by atoms with Gasteiger partial charge in [-0.1, -0.05) is 11.6 Å². The molecule has 2 aromatic rings. The van der Waals surface area contributed by atoms with Crippen LogP contribution in [0.2, 0.25) is 5.02 Å². The second-order valence-corrected chi connectivity index (χ2v) is 8.34. The molecular formula is C20H20ClN3O5S. The van der Waals surface area contributed by atoms with E-state index in [2.05, 4.69) is 5.10 Å². The Morgan fingerprint density at radius 1 is 1.23 bits per heavy atom. The lowest BCUT2D eigenvalue weighted by molar-refractivity contribution is -0.114. The Morgan fingerprint density at radius 3 is 2.47 bits per heavy atom. The number of hydrazone groups is 1. The zero-order valence-electron chi connectivity index (χ0n) is 16.5. The van der Waals surface area contributed by atoms with Gasteiger partial charge in [-0.3, -0.25) is 4.79 Å². The van der Waals surface area contributed by atoms with Gasteiger partial charge in [-0.2, -0.15) is 10.1 Å². The summed E-state index contributed by atoms with van der Waals surface area (Å²) in [7, 11) is -2.32. The normalized spacial score (nSPS) is 15.5. The quantitative estimate of drug-likeness (QED) is 0.680. The fraction of sp³-hybridized carbons (Fsp3) is 0.200. The highest BCUT2D eigenvalue weighted by Crippen LogP contribution is 2.37. The number of carbonyl (C=O) groups is 1. The minimum Gasteiger partial charge on any atom is -0.493 e. The molecule has 30 heavy (non-hydrogen) atoms. The Hall–Kier alpha value is -2.88. The number of sulfonamides is 1. The molecule has 8 nitrogen and oxygen atoms in total. The van der Waals surface area contributed by atoms with Gasteiger partial charge in [-0.25, -0.2) is 13.6 Å². The van der Waals surface area contributed by atoms with E-state index in [9.17, 15) is 13.2 Å². The van der Waals surface area contributed by atoms with Gasteiger partial charge in [0.25, 0.3) is 5.91 Å². The van der Waals surface area contributed by atoms with Crippen LogP contribution in [0.5, 0.6) is 11.5 Å². The molecule has 0 fully saturated rings. The Bertz CT molecular complexity index is 1160. The fourth-order valence-corrected chi connectivity index (χ4v) is 3.70. The molecular weight excluding hydrogens is 430 g/mol. The highest BCUT2D eigenvalue weighted by Gasteiger charge is 2.29. The van der Waals surface area contributed by atoms with Crippen LogP contribution in [-0.2, 0) is 14.8 Å². The first-order valence-corrected chi connectivity index (χ1v) is 10.8. The summed E-state index contributed by atoms with van der Waals surface area (Å²) in [5, 5.41) is 10.9. The number of anilines is 1. The molecule has 0 aromatic heterocycles. The van der Waals surface area contributed by atoms with Gasteiger partial charge in [0.05, 0.1) is 40.6 Å². The number of nitrogens with two attached hydrogens (primary N) is 1. The number of primary sulfonamides is 1. The predicted molar refractivity (Wildman–Crippen MR) is 116 cm³/mol. The first-order chi connectivity index (χ1) is 14.2. The van der Waals surface area contributed by atoms with Crippen LogP contribution < -0.4 is 19.6 Å². The number of amides is 1. The van der Waals surface area contributed by atoms with Crippen LogP contribution in [0, 0.1) is 0 Å². The maximum Gasteiger partial charge on any atom is 0.280 e. The van der Waals surface area contributed by atoms with Gasteiger partial charge in [-0.15, -0.1) is 0 Å². The van der Waals surface area contributed by atoms with Crippen molar-refractivity contribution in [3.8, 4) is 11.5 Å². The molecule has 10 heteroatoms. The van der Waals surface area contributed by atoms with Gasteiger partial charge in [0, 0.05) is 0 Å². The smallest absolute Gasteiger partial charge is 0.280 e. The third kappa shape index (κ3) is 4.33. The average Bonchev–Trinajstić information content (AvgIpc) is 2.97. The minimum atomic E-state index is -3.82. The zero-order valence-corrected chi connectivity index (χ0v) is 18.1. The second kappa shape index (κ2) is 8.47. The molecule has 1 aliphatic heterocycles. The maximum atomic E-state index is 12.9. The Morgan fingerprint density at radius 2 is 1.90 bits per heavy atom. The van der Waals surface area contributed by atoms with E-state index in [-0.39, 0.29) is 10.8 Å². The fourth-order valence-electron chi connectivity index (χ4n) is 2.91. The summed E-state index contributed by atoms with van der Waals surface area (Å²) in [5.74, 6) is 0.523. The predicted octanol–water partition coefficient (Wildman–Crippen LogP) is 3.20. The summed E-state index contributed by atoms with van der Waals surface area (Å²) in [6.07, 6.45) is 1.66. The number of carbonyl (C=O) groups excluding carboxylic acids is 1. The number of rotatable bonds is 6. The number of hydrogen-bond acceptors (Lipinski definition) is 6. The summed E-state index contributed by atoms with van der Waals surface area (Å²) in [5.41, 5.74) is 1.93. The van der Waals surface area contributed by atoms with Gasteiger partial charge in [0.15, 0.2) is 11.5 Å². The summed E-state index contributed by atoms with van der Waals surface area (Å²) in [6, 6.07) is 8.96. The molecule has 0 aliphatic carbocycles. The zero-order chi connectivity index (χ0) is 22.1. The number of hydrogen-bond donors (Lipinski definition) is 1. The molecule has 158 valence electrons. The van der Waals surface area contributed by atoms with Crippen LogP contribution in [0.15, 0.2) is 52.0 Å². The molecule has 0 atom stereocenters. The van der Waals surface area contributed by atoms with E-state index in [1.165, 1.54) is 36.4 Å². The van der Waals surface area contributed by atoms with E-state index in [0.717, 1.165) is 0 Å². The summed E-state index contributed by atoms with van der Waals surface area (Å²) >= 11 is 6.31. The first kappa shape index (κ1) is 21.8. The van der Waals surface area contributed by atoms with Crippen molar-refractivity contribution in [2.24, 2.45) is 10.2 Å². The number of benzene rings is 2. The van der Waals surface area contributed by atoms with Crippen LogP contribution in [0.3, 0.4) is 0 Å². The molecule has 2 aromatic carbocycles. The molecule has 0 saturated heterocycles. The van der Waals surface area contributed by atoms with E-state index >= 15 is 0 Å². The van der Waals surface area contributed by atoms with Crippen LogP contribution >= 0.6 is 11.6 Å². The molecule has 1 heterocycles. The minimum absolute atomic E-state index is 0.0505. The molecule has 3 rings (SSSR count). The SMILES string of the molecule is CCOc1c(Cl)cc(/C=C2\C(=O)N(c3ccc(S(N)(=O)=O)cc3)N=C2C)cc1OC. The van der Waals surface area contributed by atoms with Gasteiger partial charge >= 0.3 is 0 Å². The van der Waals surface area contributed by atoms with E-state index in [4.69, 9.17) is 26.2 Å². The molecule has 0 unspecified atom stereocenters. The molecule has 0 bridgehead atoms. The number of methoxy groups -OCH3 is 1.